The Bertz CT molecular complexity index is 1040. The zero-order valence-electron chi connectivity index (χ0n) is 15.8. The summed E-state index contributed by atoms with van der Waals surface area (Å²) in [6.45, 7) is 1.72. The number of pyridine rings is 1. The second kappa shape index (κ2) is 8.20. The highest BCUT2D eigenvalue weighted by molar-refractivity contribution is 6.31. The number of nitrogens with zero attached hydrogens (tertiary/aromatic N) is 4. The van der Waals surface area contributed by atoms with Gasteiger partial charge in [-0.3, -0.25) is 0 Å². The maximum absolute atomic E-state index is 14.3. The number of fused-ring (bicyclic) bond motifs is 1. The molecule has 1 amide bonds. The third-order valence-electron chi connectivity index (χ3n) is 4.99. The van der Waals surface area contributed by atoms with Crippen LogP contribution >= 0.6 is 11.6 Å². The SMILES string of the molecule is COC(=O)N1CCCC(CNc2nc(-c3c[nH]c4ncc(Cl)cc34)ncc2F)C1. The number of amides is 1. The first-order valence-corrected chi connectivity index (χ1v) is 9.65. The molecule has 1 atom stereocenters. The topological polar surface area (TPSA) is 96.0 Å². The van der Waals surface area contributed by atoms with E-state index in [1.807, 2.05) is 0 Å². The first-order valence-electron chi connectivity index (χ1n) is 9.27. The van der Waals surface area contributed by atoms with E-state index < -0.39 is 5.82 Å². The van der Waals surface area contributed by atoms with Crippen molar-refractivity contribution in [3.8, 4) is 11.4 Å². The van der Waals surface area contributed by atoms with Crippen molar-refractivity contribution in [2.75, 3.05) is 32.1 Å². The van der Waals surface area contributed by atoms with E-state index in [0.29, 0.717) is 41.7 Å². The number of ether oxygens (including phenoxy) is 1. The summed E-state index contributed by atoms with van der Waals surface area (Å²) in [7, 11) is 1.37. The Morgan fingerprint density at radius 2 is 2.31 bits per heavy atom. The average Bonchev–Trinajstić information content (AvgIpc) is 3.16. The molecule has 10 heteroatoms. The van der Waals surface area contributed by atoms with Crippen molar-refractivity contribution in [2.24, 2.45) is 5.92 Å². The molecule has 2 N–H and O–H groups in total. The Morgan fingerprint density at radius 3 is 3.14 bits per heavy atom. The molecule has 4 rings (SSSR count). The molecule has 0 aromatic carbocycles. The number of rotatable bonds is 4. The van der Waals surface area contributed by atoms with Crippen LogP contribution in [0.4, 0.5) is 15.0 Å². The predicted octanol–water partition coefficient (Wildman–Crippen LogP) is 3.70. The number of halogens is 2. The molecule has 0 radical (unpaired) electrons. The lowest BCUT2D eigenvalue weighted by molar-refractivity contribution is 0.104. The van der Waals surface area contributed by atoms with Crippen LogP contribution in [0.1, 0.15) is 12.8 Å². The van der Waals surface area contributed by atoms with E-state index >= 15 is 0 Å². The molecule has 4 heterocycles. The summed E-state index contributed by atoms with van der Waals surface area (Å²) in [4.78, 5) is 29.1. The zero-order valence-corrected chi connectivity index (χ0v) is 16.5. The number of hydrogen-bond acceptors (Lipinski definition) is 6. The van der Waals surface area contributed by atoms with Gasteiger partial charge in [0.05, 0.1) is 18.3 Å². The third kappa shape index (κ3) is 4.09. The van der Waals surface area contributed by atoms with Crippen LogP contribution in [-0.2, 0) is 4.74 Å². The normalized spacial score (nSPS) is 16.8. The van der Waals surface area contributed by atoms with Gasteiger partial charge in [0.1, 0.15) is 5.65 Å². The maximum atomic E-state index is 14.3. The van der Waals surface area contributed by atoms with Crippen LogP contribution in [0.3, 0.4) is 0 Å². The summed E-state index contributed by atoms with van der Waals surface area (Å²) >= 11 is 6.05. The van der Waals surface area contributed by atoms with Gasteiger partial charge >= 0.3 is 6.09 Å². The van der Waals surface area contributed by atoms with E-state index in [0.717, 1.165) is 24.4 Å². The monoisotopic (exact) mass is 418 g/mol. The fourth-order valence-electron chi connectivity index (χ4n) is 3.55. The number of likely N-dealkylation sites (tertiary alicyclic amines) is 1. The van der Waals surface area contributed by atoms with Crippen LogP contribution in [0, 0.1) is 11.7 Å². The molecule has 3 aromatic heterocycles. The number of aromatic amines is 1. The van der Waals surface area contributed by atoms with Gasteiger partial charge in [0.25, 0.3) is 0 Å². The molecule has 1 fully saturated rings. The minimum Gasteiger partial charge on any atom is -0.453 e. The van der Waals surface area contributed by atoms with Gasteiger partial charge in [-0.1, -0.05) is 11.6 Å². The fraction of sp³-hybridized carbons (Fsp3) is 0.368. The van der Waals surface area contributed by atoms with Crippen LogP contribution in [-0.4, -0.2) is 57.7 Å². The minimum atomic E-state index is -0.537. The van der Waals surface area contributed by atoms with Crippen LogP contribution < -0.4 is 5.32 Å². The van der Waals surface area contributed by atoms with E-state index in [1.165, 1.54) is 7.11 Å². The maximum Gasteiger partial charge on any atom is 0.409 e. The number of anilines is 1. The van der Waals surface area contributed by atoms with Gasteiger partial charge in [0, 0.05) is 43.0 Å². The van der Waals surface area contributed by atoms with Crippen molar-refractivity contribution in [3.63, 3.8) is 0 Å². The summed E-state index contributed by atoms with van der Waals surface area (Å²) in [6, 6.07) is 1.76. The van der Waals surface area contributed by atoms with Crippen molar-refractivity contribution < 1.29 is 13.9 Å². The Kier molecular flexibility index (Phi) is 5.48. The Hall–Kier alpha value is -2.94. The Morgan fingerprint density at radius 1 is 1.45 bits per heavy atom. The van der Waals surface area contributed by atoms with Crippen LogP contribution in [0.15, 0.2) is 24.7 Å². The molecule has 0 bridgehead atoms. The van der Waals surface area contributed by atoms with Gasteiger partial charge in [-0.05, 0) is 24.8 Å². The molecule has 1 saturated heterocycles. The second-order valence-electron chi connectivity index (χ2n) is 6.95. The molecule has 0 spiro atoms. The van der Waals surface area contributed by atoms with Crippen molar-refractivity contribution in [3.05, 3.63) is 35.5 Å². The molecule has 1 aliphatic rings. The zero-order chi connectivity index (χ0) is 20.4. The number of carbonyl (C=O) groups excluding carboxylic acids is 1. The molecular weight excluding hydrogens is 399 g/mol. The first-order chi connectivity index (χ1) is 14.0. The summed E-state index contributed by atoms with van der Waals surface area (Å²) < 4.78 is 19.1. The molecule has 152 valence electrons. The minimum absolute atomic E-state index is 0.120. The molecule has 1 unspecified atom stereocenters. The lowest BCUT2D eigenvalue weighted by Gasteiger charge is -2.31. The standard InChI is InChI=1S/C19H20ClFN6O2/c1-29-19(28)27-4-2-3-11(10-27)6-22-18-15(21)9-25-17(26-18)14-8-24-16-13(14)5-12(20)7-23-16/h5,7-9,11H,2-4,6,10H2,1H3,(H,23,24)(H,22,25,26). The number of H-pyrrole nitrogens is 1. The Labute approximate surface area is 171 Å². The molecule has 0 saturated carbocycles. The van der Waals surface area contributed by atoms with Crippen molar-refractivity contribution in [1.29, 1.82) is 0 Å². The lowest BCUT2D eigenvalue weighted by Crippen LogP contribution is -2.41. The highest BCUT2D eigenvalue weighted by Gasteiger charge is 2.24. The van der Waals surface area contributed by atoms with Gasteiger partial charge < -0.3 is 19.9 Å². The number of hydrogen-bond donors (Lipinski definition) is 2. The van der Waals surface area contributed by atoms with Gasteiger partial charge in [0.15, 0.2) is 17.5 Å². The highest BCUT2D eigenvalue weighted by atomic mass is 35.5. The van der Waals surface area contributed by atoms with Crippen LogP contribution in [0.5, 0.6) is 0 Å². The quantitative estimate of drug-likeness (QED) is 0.670. The number of methoxy groups -OCH3 is 1. The average molecular weight is 419 g/mol. The van der Waals surface area contributed by atoms with Crippen molar-refractivity contribution >= 4 is 34.5 Å². The third-order valence-corrected chi connectivity index (χ3v) is 5.20. The second-order valence-corrected chi connectivity index (χ2v) is 7.38. The first kappa shape index (κ1) is 19.4. The van der Waals surface area contributed by atoms with E-state index in [4.69, 9.17) is 16.3 Å². The molecule has 8 nitrogen and oxygen atoms in total. The van der Waals surface area contributed by atoms with Crippen LogP contribution in [0.25, 0.3) is 22.4 Å². The summed E-state index contributed by atoms with van der Waals surface area (Å²) in [6.07, 6.45) is 5.89. The summed E-state index contributed by atoms with van der Waals surface area (Å²) in [5.74, 6) is 0.126. The van der Waals surface area contributed by atoms with Crippen LogP contribution in [0.2, 0.25) is 5.02 Å². The van der Waals surface area contributed by atoms with Gasteiger partial charge in [-0.25, -0.2) is 24.1 Å². The molecule has 29 heavy (non-hydrogen) atoms. The van der Waals surface area contributed by atoms with Gasteiger partial charge in [-0.2, -0.15) is 0 Å². The van der Waals surface area contributed by atoms with E-state index in [-0.39, 0.29) is 17.8 Å². The Balaban J connectivity index is 1.51. The lowest BCUT2D eigenvalue weighted by atomic mass is 9.98. The number of carbonyl (C=O) groups is 1. The largest absolute Gasteiger partial charge is 0.453 e. The number of aromatic nitrogens is 4. The molecule has 1 aliphatic heterocycles. The van der Waals surface area contributed by atoms with Crippen molar-refractivity contribution in [1.82, 2.24) is 24.8 Å². The summed E-state index contributed by atoms with van der Waals surface area (Å²) in [5, 5.41) is 4.32. The number of piperidine rings is 1. The number of nitrogens with one attached hydrogen (secondary N) is 2. The smallest absolute Gasteiger partial charge is 0.409 e. The highest BCUT2D eigenvalue weighted by Crippen LogP contribution is 2.28. The molecule has 0 aliphatic carbocycles. The van der Waals surface area contributed by atoms with Gasteiger partial charge in [-0.15, -0.1) is 0 Å². The van der Waals surface area contributed by atoms with Gasteiger partial charge in [0.2, 0.25) is 0 Å². The summed E-state index contributed by atoms with van der Waals surface area (Å²) in [5.41, 5.74) is 1.34. The van der Waals surface area contributed by atoms with E-state index in [9.17, 15) is 9.18 Å². The van der Waals surface area contributed by atoms with Crippen molar-refractivity contribution in [2.45, 2.75) is 12.8 Å². The molecule has 3 aromatic rings. The predicted molar refractivity (Wildman–Crippen MR) is 107 cm³/mol. The van der Waals surface area contributed by atoms with E-state index in [1.54, 1.807) is 23.4 Å². The fourth-order valence-corrected chi connectivity index (χ4v) is 3.71. The molecular formula is C19H20ClFN6O2. The van der Waals surface area contributed by atoms with E-state index in [2.05, 4.69) is 25.3 Å².